The van der Waals surface area contributed by atoms with Crippen LogP contribution in [0.3, 0.4) is 0 Å². The van der Waals surface area contributed by atoms with Crippen molar-refractivity contribution in [2.24, 2.45) is 5.10 Å². The summed E-state index contributed by atoms with van der Waals surface area (Å²) in [5.74, 6) is -0.592. The molecule has 0 fully saturated rings. The second kappa shape index (κ2) is 8.56. The van der Waals surface area contributed by atoms with Crippen LogP contribution in [0, 0.1) is 0 Å². The normalized spacial score (nSPS) is 10.8. The van der Waals surface area contributed by atoms with Crippen molar-refractivity contribution in [1.29, 1.82) is 0 Å². The Hall–Kier alpha value is -2.70. The van der Waals surface area contributed by atoms with Gasteiger partial charge in [-0.05, 0) is 31.2 Å². The van der Waals surface area contributed by atoms with Crippen LogP contribution in [-0.4, -0.2) is 23.4 Å². The number of hydrazone groups is 1. The maximum atomic E-state index is 11.8. The van der Waals surface area contributed by atoms with Gasteiger partial charge in [0.05, 0.1) is 6.42 Å². The lowest BCUT2D eigenvalue weighted by Gasteiger charge is -2.07. The van der Waals surface area contributed by atoms with Crippen molar-refractivity contribution < 1.29 is 14.4 Å². The summed E-state index contributed by atoms with van der Waals surface area (Å²) in [7, 11) is 0. The Balaban J connectivity index is 2.51. The molecule has 0 aromatic heterocycles. The molecule has 0 aliphatic carbocycles. The van der Waals surface area contributed by atoms with Gasteiger partial charge in [0.2, 0.25) is 17.7 Å². The van der Waals surface area contributed by atoms with Crippen molar-refractivity contribution in [2.75, 3.05) is 10.6 Å². The van der Waals surface area contributed by atoms with Gasteiger partial charge in [-0.15, -0.1) is 0 Å². The van der Waals surface area contributed by atoms with Crippen LogP contribution in [0.1, 0.15) is 33.6 Å². The third-order valence-corrected chi connectivity index (χ3v) is 2.60. The van der Waals surface area contributed by atoms with Gasteiger partial charge in [-0.1, -0.05) is 6.92 Å². The van der Waals surface area contributed by atoms with Gasteiger partial charge >= 0.3 is 0 Å². The van der Waals surface area contributed by atoms with Crippen molar-refractivity contribution in [2.45, 2.75) is 33.6 Å². The molecule has 0 spiro atoms. The Morgan fingerprint density at radius 3 is 2.00 bits per heavy atom. The van der Waals surface area contributed by atoms with E-state index in [-0.39, 0.29) is 24.1 Å². The zero-order chi connectivity index (χ0) is 16.5. The molecule has 0 atom stereocenters. The highest BCUT2D eigenvalue weighted by atomic mass is 16.2. The molecule has 0 bridgehead atoms. The van der Waals surface area contributed by atoms with Gasteiger partial charge in [0.25, 0.3) is 0 Å². The third-order valence-electron chi connectivity index (χ3n) is 2.60. The van der Waals surface area contributed by atoms with Gasteiger partial charge in [0.1, 0.15) is 0 Å². The lowest BCUT2D eigenvalue weighted by Crippen LogP contribution is -2.20. The van der Waals surface area contributed by atoms with E-state index in [4.69, 9.17) is 0 Å². The van der Waals surface area contributed by atoms with Gasteiger partial charge in [-0.3, -0.25) is 14.4 Å². The van der Waals surface area contributed by atoms with E-state index >= 15 is 0 Å². The van der Waals surface area contributed by atoms with Gasteiger partial charge in [0, 0.05) is 30.4 Å². The number of nitrogens with zero attached hydrogens (tertiary/aromatic N) is 1. The first-order chi connectivity index (χ1) is 10.4. The molecule has 7 nitrogen and oxygen atoms in total. The zero-order valence-corrected chi connectivity index (χ0v) is 12.9. The molecule has 1 aromatic rings. The average Bonchev–Trinajstić information content (AvgIpc) is 2.46. The number of rotatable bonds is 6. The van der Waals surface area contributed by atoms with Crippen molar-refractivity contribution in [3.8, 4) is 0 Å². The second-order valence-electron chi connectivity index (χ2n) is 4.72. The lowest BCUT2D eigenvalue weighted by atomic mass is 10.2. The maximum absolute atomic E-state index is 11.8. The Kier molecular flexibility index (Phi) is 6.75. The predicted octanol–water partition coefficient (Wildman–Crippen LogP) is 1.88. The Labute approximate surface area is 129 Å². The molecular formula is C15H20N4O3. The summed E-state index contributed by atoms with van der Waals surface area (Å²) in [5, 5.41) is 9.18. The zero-order valence-electron chi connectivity index (χ0n) is 12.9. The van der Waals surface area contributed by atoms with Crippen LogP contribution in [0.4, 0.5) is 11.4 Å². The Morgan fingerprint density at radius 1 is 0.955 bits per heavy atom. The second-order valence-corrected chi connectivity index (χ2v) is 4.72. The highest BCUT2D eigenvalue weighted by Crippen LogP contribution is 2.13. The highest BCUT2D eigenvalue weighted by molar-refractivity contribution is 6.05. The maximum Gasteiger partial charge on any atom is 0.239 e. The largest absolute Gasteiger partial charge is 0.326 e. The van der Waals surface area contributed by atoms with Crippen LogP contribution in [0.5, 0.6) is 0 Å². The topological polar surface area (TPSA) is 99.7 Å². The molecule has 0 radical (unpaired) electrons. The summed E-state index contributed by atoms with van der Waals surface area (Å²) in [6, 6.07) is 6.77. The number of carbonyl (C=O) groups is 3. The molecule has 0 unspecified atom stereocenters. The van der Waals surface area contributed by atoms with E-state index < -0.39 is 0 Å². The number of nitrogens with one attached hydrogen (secondary N) is 3. The van der Waals surface area contributed by atoms with Gasteiger partial charge in [0.15, 0.2) is 0 Å². The standard InChI is InChI=1S/C15H20N4O3/c1-4-14(21)19-18-10(2)9-15(22)17-13-7-5-12(6-8-13)16-11(3)20/h5-8H,4,9H2,1-3H3,(H,16,20)(H,17,22)(H,19,21). The first-order valence-electron chi connectivity index (χ1n) is 6.90. The number of hydrogen-bond donors (Lipinski definition) is 3. The summed E-state index contributed by atoms with van der Waals surface area (Å²) in [6.07, 6.45) is 0.418. The fourth-order valence-electron chi connectivity index (χ4n) is 1.55. The van der Waals surface area contributed by atoms with E-state index in [0.717, 1.165) is 0 Å². The molecule has 0 heterocycles. The molecule has 3 amide bonds. The van der Waals surface area contributed by atoms with E-state index in [1.165, 1.54) is 6.92 Å². The minimum absolute atomic E-state index is 0.0808. The lowest BCUT2D eigenvalue weighted by molar-refractivity contribution is -0.121. The molecule has 22 heavy (non-hydrogen) atoms. The van der Waals surface area contributed by atoms with E-state index in [0.29, 0.717) is 23.5 Å². The molecule has 0 aliphatic rings. The van der Waals surface area contributed by atoms with E-state index in [2.05, 4.69) is 21.2 Å². The molecule has 1 rings (SSSR count). The van der Waals surface area contributed by atoms with Crippen molar-refractivity contribution in [3.05, 3.63) is 24.3 Å². The molecule has 0 saturated heterocycles. The van der Waals surface area contributed by atoms with Crippen LogP contribution in [0.25, 0.3) is 0 Å². The van der Waals surface area contributed by atoms with Crippen LogP contribution < -0.4 is 16.1 Å². The summed E-state index contributed by atoms with van der Waals surface area (Å²) in [5.41, 5.74) is 4.14. The van der Waals surface area contributed by atoms with Crippen molar-refractivity contribution >= 4 is 34.8 Å². The Morgan fingerprint density at radius 2 is 1.50 bits per heavy atom. The minimum atomic E-state index is -0.237. The van der Waals surface area contributed by atoms with E-state index in [1.807, 2.05) is 0 Å². The number of hydrogen-bond acceptors (Lipinski definition) is 4. The van der Waals surface area contributed by atoms with Gasteiger partial charge < -0.3 is 10.6 Å². The van der Waals surface area contributed by atoms with Crippen LogP contribution in [0.2, 0.25) is 0 Å². The monoisotopic (exact) mass is 304 g/mol. The molecule has 0 saturated carbocycles. The molecule has 1 aromatic carbocycles. The van der Waals surface area contributed by atoms with Crippen molar-refractivity contribution in [1.82, 2.24) is 5.43 Å². The first-order valence-corrected chi connectivity index (χ1v) is 6.90. The van der Waals surface area contributed by atoms with E-state index in [9.17, 15) is 14.4 Å². The number of anilines is 2. The number of amides is 3. The first kappa shape index (κ1) is 17.4. The Bertz CT molecular complexity index is 579. The molecular weight excluding hydrogens is 284 g/mol. The summed E-state index contributed by atoms with van der Waals surface area (Å²) in [6.45, 7) is 4.81. The highest BCUT2D eigenvalue weighted by Gasteiger charge is 2.05. The van der Waals surface area contributed by atoms with Crippen LogP contribution in [0.15, 0.2) is 29.4 Å². The fraction of sp³-hybridized carbons (Fsp3) is 0.333. The van der Waals surface area contributed by atoms with Crippen LogP contribution >= 0.6 is 0 Å². The summed E-state index contributed by atoms with van der Waals surface area (Å²) >= 11 is 0. The molecule has 3 N–H and O–H groups in total. The molecule has 0 aliphatic heterocycles. The minimum Gasteiger partial charge on any atom is -0.326 e. The van der Waals surface area contributed by atoms with E-state index in [1.54, 1.807) is 38.1 Å². The molecule has 118 valence electrons. The smallest absolute Gasteiger partial charge is 0.239 e. The van der Waals surface area contributed by atoms with Crippen LogP contribution in [-0.2, 0) is 14.4 Å². The summed E-state index contributed by atoms with van der Waals surface area (Å²) < 4.78 is 0. The SMILES string of the molecule is CCC(=O)NN=C(C)CC(=O)Nc1ccc(NC(C)=O)cc1. The quantitative estimate of drug-likeness (QED) is 0.552. The predicted molar refractivity (Wildman–Crippen MR) is 85.5 cm³/mol. The van der Waals surface area contributed by atoms with Gasteiger partial charge in [-0.2, -0.15) is 5.10 Å². The third kappa shape index (κ3) is 6.65. The average molecular weight is 304 g/mol. The summed E-state index contributed by atoms with van der Waals surface area (Å²) in [4.78, 5) is 33.8. The van der Waals surface area contributed by atoms with Crippen molar-refractivity contribution in [3.63, 3.8) is 0 Å². The van der Waals surface area contributed by atoms with Gasteiger partial charge in [-0.25, -0.2) is 5.43 Å². The fourth-order valence-corrected chi connectivity index (χ4v) is 1.55. The number of carbonyl (C=O) groups excluding carboxylic acids is 3. The molecule has 7 heteroatoms. The number of benzene rings is 1.